The fourth-order valence-corrected chi connectivity index (χ4v) is 3.24. The van der Waals surface area contributed by atoms with E-state index in [2.05, 4.69) is 5.32 Å². The fraction of sp³-hybridized carbons (Fsp3) is 0.231. The molecule has 20 heavy (non-hydrogen) atoms. The summed E-state index contributed by atoms with van der Waals surface area (Å²) in [7, 11) is 0. The van der Waals surface area contributed by atoms with E-state index >= 15 is 0 Å². The topological polar surface area (TPSA) is 62.6 Å². The van der Waals surface area contributed by atoms with Gasteiger partial charge in [-0.25, -0.2) is 4.79 Å². The molecular weight excluding hydrogens is 300 g/mol. The fourth-order valence-electron chi connectivity index (χ4n) is 2.16. The van der Waals surface area contributed by atoms with E-state index in [9.17, 15) is 9.59 Å². The van der Waals surface area contributed by atoms with Gasteiger partial charge in [0.15, 0.2) is 5.54 Å². The lowest BCUT2D eigenvalue weighted by molar-refractivity contribution is -0.132. The maximum Gasteiger partial charge on any atom is 0.325 e. The minimum atomic E-state index is -1.15. The van der Waals surface area contributed by atoms with Crippen molar-refractivity contribution in [3.05, 3.63) is 45.5 Å². The highest BCUT2D eigenvalue weighted by atomic mass is 35.5. The Morgan fingerprint density at radius 2 is 2.20 bits per heavy atom. The Morgan fingerprint density at radius 1 is 1.40 bits per heavy atom. The molecule has 2 aromatic heterocycles. The number of imide groups is 1. The summed E-state index contributed by atoms with van der Waals surface area (Å²) in [6.45, 7) is 1.84. The molecule has 7 heteroatoms. The van der Waals surface area contributed by atoms with Gasteiger partial charge >= 0.3 is 6.03 Å². The van der Waals surface area contributed by atoms with Gasteiger partial charge in [0.05, 0.1) is 17.1 Å². The second-order valence-corrected chi connectivity index (χ2v) is 6.43. The molecule has 0 bridgehead atoms. The minimum Gasteiger partial charge on any atom is -0.466 e. The van der Waals surface area contributed by atoms with Gasteiger partial charge in [-0.2, -0.15) is 0 Å². The van der Waals surface area contributed by atoms with Crippen LogP contribution in [0.2, 0.25) is 4.34 Å². The van der Waals surface area contributed by atoms with E-state index in [1.807, 2.05) is 0 Å². The minimum absolute atomic E-state index is 0.207. The summed E-state index contributed by atoms with van der Waals surface area (Å²) in [5.74, 6) is 0.0875. The Kier molecular flexibility index (Phi) is 3.07. The predicted molar refractivity (Wildman–Crippen MR) is 74.5 cm³/mol. The Bertz CT molecular complexity index is 667. The molecule has 0 aromatic carbocycles. The summed E-state index contributed by atoms with van der Waals surface area (Å²) in [4.78, 5) is 26.6. The van der Waals surface area contributed by atoms with Gasteiger partial charge in [-0.1, -0.05) is 11.6 Å². The average Bonchev–Trinajstić information content (AvgIpc) is 3.09. The van der Waals surface area contributed by atoms with Crippen molar-refractivity contribution < 1.29 is 14.0 Å². The van der Waals surface area contributed by atoms with Gasteiger partial charge < -0.3 is 9.73 Å². The van der Waals surface area contributed by atoms with Crippen LogP contribution in [0.1, 0.15) is 17.6 Å². The zero-order chi connectivity index (χ0) is 14.3. The number of carbonyl (C=O) groups is 2. The quantitative estimate of drug-likeness (QED) is 0.887. The van der Waals surface area contributed by atoms with Crippen molar-refractivity contribution in [2.45, 2.75) is 19.0 Å². The van der Waals surface area contributed by atoms with Crippen LogP contribution in [-0.4, -0.2) is 16.8 Å². The maximum atomic E-state index is 12.5. The number of thiophene rings is 1. The number of hydrogen-bond acceptors (Lipinski definition) is 4. The number of rotatable bonds is 3. The summed E-state index contributed by atoms with van der Waals surface area (Å²) >= 11 is 7.20. The first-order chi connectivity index (χ1) is 9.50. The smallest absolute Gasteiger partial charge is 0.325 e. The van der Waals surface area contributed by atoms with Crippen molar-refractivity contribution in [2.75, 3.05) is 0 Å². The van der Waals surface area contributed by atoms with Gasteiger partial charge in [0.25, 0.3) is 5.91 Å². The molecule has 2 aromatic rings. The second kappa shape index (κ2) is 4.64. The normalized spacial score (nSPS) is 22.4. The highest BCUT2D eigenvalue weighted by Gasteiger charge is 2.50. The van der Waals surface area contributed by atoms with Gasteiger partial charge in [0, 0.05) is 4.88 Å². The van der Waals surface area contributed by atoms with Crippen molar-refractivity contribution in [1.82, 2.24) is 10.2 Å². The van der Waals surface area contributed by atoms with Crippen molar-refractivity contribution in [1.29, 1.82) is 0 Å². The van der Waals surface area contributed by atoms with Crippen LogP contribution in [0.15, 0.2) is 34.9 Å². The first kappa shape index (κ1) is 13.2. The number of amides is 3. The summed E-state index contributed by atoms with van der Waals surface area (Å²) in [5.41, 5.74) is -1.15. The van der Waals surface area contributed by atoms with Crippen LogP contribution in [0, 0.1) is 0 Å². The van der Waals surface area contributed by atoms with Gasteiger partial charge in [0.2, 0.25) is 0 Å². The second-order valence-electron chi connectivity index (χ2n) is 4.63. The van der Waals surface area contributed by atoms with E-state index in [4.69, 9.17) is 16.0 Å². The van der Waals surface area contributed by atoms with Crippen molar-refractivity contribution in [3.8, 4) is 0 Å². The molecule has 3 heterocycles. The first-order valence-corrected chi connectivity index (χ1v) is 7.12. The standard InChI is InChI=1S/C13H11ClN2O3S/c1-13(9-3-2-6-19-9)11(17)16(12(18)15-13)7-8-4-5-10(14)20-8/h2-6H,7H2,1H3,(H,15,18)/t13-/m1/s1. The number of nitrogens with one attached hydrogen (secondary N) is 1. The Hall–Kier alpha value is -1.79. The van der Waals surface area contributed by atoms with E-state index in [1.165, 1.54) is 22.5 Å². The molecule has 1 saturated heterocycles. The molecule has 0 aliphatic carbocycles. The Balaban J connectivity index is 1.87. The molecule has 1 N–H and O–H groups in total. The molecule has 0 spiro atoms. The molecule has 5 nitrogen and oxygen atoms in total. The molecule has 1 aliphatic rings. The molecule has 0 radical (unpaired) electrons. The largest absolute Gasteiger partial charge is 0.466 e. The van der Waals surface area contributed by atoms with Crippen LogP contribution in [0.5, 0.6) is 0 Å². The number of halogens is 1. The van der Waals surface area contributed by atoms with Crippen LogP contribution in [0.3, 0.4) is 0 Å². The molecule has 1 fully saturated rings. The third-order valence-electron chi connectivity index (χ3n) is 3.23. The van der Waals surface area contributed by atoms with Crippen LogP contribution in [0.25, 0.3) is 0 Å². The van der Waals surface area contributed by atoms with E-state index in [1.54, 1.807) is 31.2 Å². The zero-order valence-electron chi connectivity index (χ0n) is 10.6. The molecule has 1 atom stereocenters. The van der Waals surface area contributed by atoms with Crippen LogP contribution >= 0.6 is 22.9 Å². The van der Waals surface area contributed by atoms with Crippen molar-refractivity contribution in [3.63, 3.8) is 0 Å². The molecule has 3 rings (SSSR count). The SMILES string of the molecule is C[C@]1(c2ccco2)NC(=O)N(Cc2ccc(Cl)s2)C1=O. The molecule has 1 aliphatic heterocycles. The average molecular weight is 311 g/mol. The summed E-state index contributed by atoms with van der Waals surface area (Å²) in [5, 5.41) is 2.67. The van der Waals surface area contributed by atoms with Gasteiger partial charge in [-0.05, 0) is 31.2 Å². The number of hydrogen-bond donors (Lipinski definition) is 1. The molecule has 0 unspecified atom stereocenters. The third kappa shape index (κ3) is 2.01. The van der Waals surface area contributed by atoms with Crippen molar-refractivity contribution >= 4 is 34.9 Å². The number of nitrogens with zero attached hydrogens (tertiary/aromatic N) is 1. The summed E-state index contributed by atoms with van der Waals surface area (Å²) < 4.78 is 5.89. The molecular formula is C13H11ClN2O3S. The molecule has 3 amide bonds. The summed E-state index contributed by atoms with van der Waals surface area (Å²) in [6.07, 6.45) is 1.47. The molecule has 0 saturated carbocycles. The monoisotopic (exact) mass is 310 g/mol. The third-order valence-corrected chi connectivity index (χ3v) is 4.45. The Labute approximate surface area is 124 Å². The highest BCUT2D eigenvalue weighted by Crippen LogP contribution is 2.31. The van der Waals surface area contributed by atoms with Crippen molar-refractivity contribution in [2.24, 2.45) is 0 Å². The first-order valence-electron chi connectivity index (χ1n) is 5.93. The predicted octanol–water partition coefficient (Wildman–Crippen LogP) is 2.96. The van der Waals surface area contributed by atoms with Gasteiger partial charge in [-0.3, -0.25) is 9.69 Å². The number of carbonyl (C=O) groups excluding carboxylic acids is 2. The number of urea groups is 1. The van der Waals surface area contributed by atoms with Crippen LogP contribution < -0.4 is 5.32 Å². The van der Waals surface area contributed by atoms with Crippen LogP contribution in [-0.2, 0) is 16.9 Å². The van der Waals surface area contributed by atoms with E-state index < -0.39 is 11.6 Å². The molecule has 104 valence electrons. The van der Waals surface area contributed by atoms with E-state index in [0.29, 0.717) is 10.1 Å². The number of furan rings is 1. The zero-order valence-corrected chi connectivity index (χ0v) is 12.1. The Morgan fingerprint density at radius 3 is 2.80 bits per heavy atom. The maximum absolute atomic E-state index is 12.5. The van der Waals surface area contributed by atoms with E-state index in [0.717, 1.165) is 4.88 Å². The van der Waals surface area contributed by atoms with Crippen LogP contribution in [0.4, 0.5) is 4.79 Å². The lowest BCUT2D eigenvalue weighted by atomic mass is 9.99. The summed E-state index contributed by atoms with van der Waals surface area (Å²) in [6, 6.07) is 6.46. The lowest BCUT2D eigenvalue weighted by Crippen LogP contribution is -2.40. The van der Waals surface area contributed by atoms with Gasteiger partial charge in [-0.15, -0.1) is 11.3 Å². The highest BCUT2D eigenvalue weighted by molar-refractivity contribution is 7.16. The van der Waals surface area contributed by atoms with E-state index in [-0.39, 0.29) is 12.5 Å². The lowest BCUT2D eigenvalue weighted by Gasteiger charge is -2.18. The van der Waals surface area contributed by atoms with Gasteiger partial charge in [0.1, 0.15) is 5.76 Å².